The van der Waals surface area contributed by atoms with E-state index in [0.29, 0.717) is 5.75 Å². The zero-order valence-corrected chi connectivity index (χ0v) is 20.3. The Balaban J connectivity index is 1.41. The highest BCUT2D eigenvalue weighted by molar-refractivity contribution is 5.43. The molecule has 2 N–H and O–H groups in total. The van der Waals surface area contributed by atoms with Gasteiger partial charge in [0.05, 0.1) is 5.60 Å². The number of aromatic nitrogens is 2. The summed E-state index contributed by atoms with van der Waals surface area (Å²) in [5, 5.41) is 27.3. The van der Waals surface area contributed by atoms with E-state index in [1.807, 2.05) is 35.3 Å². The first kappa shape index (κ1) is 22.9. The fraction of sp³-hybridized carbons (Fsp3) is 0.667. The summed E-state index contributed by atoms with van der Waals surface area (Å²) in [6.07, 6.45) is 10.2. The highest BCUT2D eigenvalue weighted by atomic mass is 16.3. The molecule has 0 spiro atoms. The van der Waals surface area contributed by atoms with E-state index in [0.717, 1.165) is 76.4 Å². The fourth-order valence-electron chi connectivity index (χ4n) is 6.65. The van der Waals surface area contributed by atoms with E-state index in [4.69, 9.17) is 0 Å². The minimum atomic E-state index is -0.810. The van der Waals surface area contributed by atoms with Gasteiger partial charge in [0.15, 0.2) is 0 Å². The van der Waals surface area contributed by atoms with Gasteiger partial charge in [0, 0.05) is 43.5 Å². The second-order valence-electron chi connectivity index (χ2n) is 10.8. The number of aryl methyl sites for hydroxylation is 2. The number of likely N-dealkylation sites (tertiary alicyclic amines) is 2. The molecule has 3 aliphatic rings. The lowest BCUT2D eigenvalue weighted by atomic mass is 9.57. The first-order chi connectivity index (χ1) is 15.9. The molecule has 3 fully saturated rings. The van der Waals surface area contributed by atoms with Crippen molar-refractivity contribution in [1.29, 1.82) is 0 Å². The lowest BCUT2D eigenvalue weighted by Gasteiger charge is -2.58. The predicted octanol–water partition coefficient (Wildman–Crippen LogP) is 3.56. The number of aliphatic hydroxyl groups is 1. The molecule has 6 heteroatoms. The van der Waals surface area contributed by atoms with Crippen molar-refractivity contribution in [2.45, 2.75) is 76.0 Å². The van der Waals surface area contributed by atoms with Crippen molar-refractivity contribution in [3.05, 3.63) is 47.8 Å². The summed E-state index contributed by atoms with van der Waals surface area (Å²) in [4.78, 5) is 5.10. The van der Waals surface area contributed by atoms with Crippen LogP contribution in [0.25, 0.3) is 0 Å². The fourth-order valence-corrected chi connectivity index (χ4v) is 6.65. The molecule has 180 valence electrons. The van der Waals surface area contributed by atoms with E-state index in [1.54, 1.807) is 6.07 Å². The third-order valence-corrected chi connectivity index (χ3v) is 8.90. The Hall–Kier alpha value is -1.89. The van der Waals surface area contributed by atoms with Crippen molar-refractivity contribution in [1.82, 2.24) is 19.6 Å². The summed E-state index contributed by atoms with van der Waals surface area (Å²) >= 11 is 0. The molecule has 1 saturated carbocycles. The van der Waals surface area contributed by atoms with Crippen LogP contribution in [0.3, 0.4) is 0 Å². The molecular weight excluding hydrogens is 412 g/mol. The average molecular weight is 453 g/mol. The lowest BCUT2D eigenvalue weighted by Crippen LogP contribution is -2.68. The Morgan fingerprint density at radius 2 is 1.88 bits per heavy atom. The molecule has 6 nitrogen and oxygen atoms in total. The molecule has 3 unspecified atom stereocenters. The standard InChI is InChI=1S/C27H40N4O2/c1-21-5-8-24(32)19-25(21)26-9-16-29(13-4-15-31-14-3-12-28-31)17-11-27(26,33)22(2)30(18-10-26)20-23-6-7-23/h3,5,8,12,14,19,22-23,32-33H,4,6-7,9-11,13,15-18,20H2,1-2H3. The number of hydrogen-bond donors (Lipinski definition) is 2. The minimum Gasteiger partial charge on any atom is -0.508 e. The molecule has 3 heterocycles. The minimum absolute atomic E-state index is 0.109. The van der Waals surface area contributed by atoms with Gasteiger partial charge in [-0.1, -0.05) is 6.07 Å². The van der Waals surface area contributed by atoms with Gasteiger partial charge in [0.1, 0.15) is 5.75 Å². The van der Waals surface area contributed by atoms with Gasteiger partial charge in [0.25, 0.3) is 0 Å². The van der Waals surface area contributed by atoms with Crippen LogP contribution in [0.1, 0.15) is 56.6 Å². The van der Waals surface area contributed by atoms with Crippen LogP contribution in [0, 0.1) is 12.8 Å². The molecule has 0 bridgehead atoms. The normalized spacial score (nSPS) is 31.3. The first-order valence-electron chi connectivity index (χ1n) is 12.9. The van der Waals surface area contributed by atoms with Crippen LogP contribution in [-0.2, 0) is 12.0 Å². The SMILES string of the molecule is Cc1ccc(O)cc1C12CCN(CCCn3cccn3)CCC1(O)C(C)N(CC1CC1)CC2. The average Bonchev–Trinajstić information content (AvgIpc) is 3.50. The molecule has 5 rings (SSSR count). The molecule has 2 aromatic rings. The highest BCUT2D eigenvalue weighted by Crippen LogP contribution is 2.53. The molecule has 0 radical (unpaired) electrons. The van der Waals surface area contributed by atoms with E-state index in [-0.39, 0.29) is 11.5 Å². The highest BCUT2D eigenvalue weighted by Gasteiger charge is 2.59. The van der Waals surface area contributed by atoms with Crippen molar-refractivity contribution in [3.8, 4) is 5.75 Å². The third-order valence-electron chi connectivity index (χ3n) is 8.90. The second-order valence-corrected chi connectivity index (χ2v) is 10.8. The van der Waals surface area contributed by atoms with Crippen molar-refractivity contribution in [3.63, 3.8) is 0 Å². The van der Waals surface area contributed by atoms with Gasteiger partial charge in [0.2, 0.25) is 0 Å². The Labute approximate surface area is 198 Å². The Bertz CT molecular complexity index is 944. The predicted molar refractivity (Wildman–Crippen MR) is 130 cm³/mol. The number of phenolic OH excluding ortho intramolecular Hbond substituents is 1. The number of rotatable bonds is 7. The number of aromatic hydroxyl groups is 1. The summed E-state index contributed by atoms with van der Waals surface area (Å²) in [7, 11) is 0. The quantitative estimate of drug-likeness (QED) is 0.673. The summed E-state index contributed by atoms with van der Waals surface area (Å²) in [5.41, 5.74) is 1.20. The lowest BCUT2D eigenvalue weighted by molar-refractivity contribution is -0.136. The number of benzene rings is 1. The van der Waals surface area contributed by atoms with Crippen LogP contribution in [-0.4, -0.2) is 74.2 Å². The summed E-state index contributed by atoms with van der Waals surface area (Å²) < 4.78 is 2.00. The van der Waals surface area contributed by atoms with Gasteiger partial charge in [-0.05, 0) is 107 Å². The van der Waals surface area contributed by atoms with E-state index in [2.05, 4.69) is 28.7 Å². The molecule has 1 aromatic heterocycles. The zero-order chi connectivity index (χ0) is 23.1. The Morgan fingerprint density at radius 3 is 2.64 bits per heavy atom. The number of nitrogens with zero attached hydrogens (tertiary/aromatic N) is 4. The molecule has 0 amide bonds. The molecule has 33 heavy (non-hydrogen) atoms. The maximum absolute atomic E-state index is 12.6. The van der Waals surface area contributed by atoms with Crippen LogP contribution >= 0.6 is 0 Å². The number of phenols is 1. The van der Waals surface area contributed by atoms with Gasteiger partial charge >= 0.3 is 0 Å². The van der Waals surface area contributed by atoms with Crippen LogP contribution in [0.15, 0.2) is 36.7 Å². The van der Waals surface area contributed by atoms with Crippen LogP contribution in [0.5, 0.6) is 5.75 Å². The van der Waals surface area contributed by atoms with E-state index in [9.17, 15) is 10.2 Å². The summed E-state index contributed by atoms with van der Waals surface area (Å²) in [6.45, 7) is 10.4. The maximum Gasteiger partial charge on any atom is 0.115 e. The summed E-state index contributed by atoms with van der Waals surface area (Å²) in [6, 6.07) is 7.82. The third kappa shape index (κ3) is 4.33. The van der Waals surface area contributed by atoms with Crippen LogP contribution in [0.2, 0.25) is 0 Å². The Kier molecular flexibility index (Phi) is 6.27. The number of piperidine rings is 1. The van der Waals surface area contributed by atoms with Crippen molar-refractivity contribution < 1.29 is 10.2 Å². The van der Waals surface area contributed by atoms with E-state index in [1.165, 1.54) is 18.4 Å². The van der Waals surface area contributed by atoms with Gasteiger partial charge < -0.3 is 15.1 Å². The van der Waals surface area contributed by atoms with Crippen molar-refractivity contribution in [2.24, 2.45) is 5.92 Å². The second kappa shape index (κ2) is 9.05. The largest absolute Gasteiger partial charge is 0.508 e. The molecular formula is C27H40N4O2. The van der Waals surface area contributed by atoms with Crippen molar-refractivity contribution in [2.75, 3.05) is 32.7 Å². The number of fused-ring (bicyclic) bond motifs is 1. The monoisotopic (exact) mass is 452 g/mol. The number of hydrogen-bond acceptors (Lipinski definition) is 5. The topological polar surface area (TPSA) is 64.8 Å². The first-order valence-corrected chi connectivity index (χ1v) is 12.9. The molecule has 1 aliphatic carbocycles. The molecule has 3 atom stereocenters. The van der Waals surface area contributed by atoms with Crippen LogP contribution < -0.4 is 0 Å². The van der Waals surface area contributed by atoms with E-state index >= 15 is 0 Å². The molecule has 1 aromatic carbocycles. The smallest absolute Gasteiger partial charge is 0.115 e. The van der Waals surface area contributed by atoms with Crippen molar-refractivity contribution >= 4 is 0 Å². The van der Waals surface area contributed by atoms with E-state index < -0.39 is 5.60 Å². The summed E-state index contributed by atoms with van der Waals surface area (Å²) in [5.74, 6) is 1.12. The van der Waals surface area contributed by atoms with Crippen LogP contribution in [0.4, 0.5) is 0 Å². The van der Waals surface area contributed by atoms with Gasteiger partial charge in [-0.2, -0.15) is 5.10 Å². The van der Waals surface area contributed by atoms with Gasteiger partial charge in [-0.25, -0.2) is 0 Å². The zero-order valence-electron chi connectivity index (χ0n) is 20.3. The molecule has 2 aliphatic heterocycles. The Morgan fingerprint density at radius 1 is 1.09 bits per heavy atom. The molecule has 2 saturated heterocycles. The van der Waals surface area contributed by atoms with Gasteiger partial charge in [-0.15, -0.1) is 0 Å². The van der Waals surface area contributed by atoms with Gasteiger partial charge in [-0.3, -0.25) is 9.58 Å². The maximum atomic E-state index is 12.6.